The molecule has 3 rings (SSSR count). The second-order valence-electron chi connectivity index (χ2n) is 5.37. The fourth-order valence-corrected chi connectivity index (χ4v) is 3.52. The van der Waals surface area contributed by atoms with Gasteiger partial charge in [-0.05, 0) is 41.7 Å². The number of thioether (sulfide) groups is 1. The van der Waals surface area contributed by atoms with Crippen LogP contribution >= 0.6 is 11.8 Å². The summed E-state index contributed by atoms with van der Waals surface area (Å²) in [5.74, 6) is 3.02. The van der Waals surface area contributed by atoms with Gasteiger partial charge in [-0.2, -0.15) is 11.8 Å². The van der Waals surface area contributed by atoms with Gasteiger partial charge in [0.15, 0.2) is 0 Å². The Morgan fingerprint density at radius 2 is 2.20 bits per heavy atom. The molecule has 0 N–H and O–H groups in total. The second-order valence-corrected chi connectivity index (χ2v) is 6.28. The van der Waals surface area contributed by atoms with Crippen LogP contribution in [0.5, 0.6) is 5.75 Å². The summed E-state index contributed by atoms with van der Waals surface area (Å²) in [5.41, 5.74) is 2.38. The number of ether oxygens (including phenoxy) is 1. The van der Waals surface area contributed by atoms with Gasteiger partial charge in [-0.25, -0.2) is 0 Å². The largest absolute Gasteiger partial charge is 0.497 e. The summed E-state index contributed by atoms with van der Waals surface area (Å²) < 4.78 is 5.26. The van der Waals surface area contributed by atoms with Crippen molar-refractivity contribution in [1.29, 1.82) is 0 Å². The predicted molar refractivity (Wildman–Crippen MR) is 85.4 cm³/mol. The van der Waals surface area contributed by atoms with Crippen LogP contribution in [0.2, 0.25) is 0 Å². The highest BCUT2D eigenvalue weighted by molar-refractivity contribution is 7.98. The van der Waals surface area contributed by atoms with Crippen LogP contribution in [0.1, 0.15) is 5.56 Å². The zero-order valence-corrected chi connectivity index (χ0v) is 12.8. The number of methoxy groups -OCH3 is 1. The highest BCUT2D eigenvalue weighted by Crippen LogP contribution is 2.26. The molecule has 0 radical (unpaired) electrons. The summed E-state index contributed by atoms with van der Waals surface area (Å²) in [5, 5.41) is 1.24. The normalized spacial score (nSPS) is 16.3. The molecule has 1 fully saturated rings. The lowest BCUT2D eigenvalue weighted by Crippen LogP contribution is -2.47. The standard InChI is InChI=1S/C16H20N2OS/c1-19-14-3-4-15-13(5-6-17-16(15)7-14)10-18-8-12(9-18)11-20-2/h3-7,12H,8-11H2,1-2H3. The second kappa shape index (κ2) is 6.02. The lowest BCUT2D eigenvalue weighted by molar-refractivity contribution is 0.108. The van der Waals surface area contributed by atoms with Crippen molar-refractivity contribution >= 4 is 22.7 Å². The Morgan fingerprint density at radius 1 is 1.35 bits per heavy atom. The maximum Gasteiger partial charge on any atom is 0.121 e. The molecule has 3 nitrogen and oxygen atoms in total. The average Bonchev–Trinajstić information content (AvgIpc) is 2.44. The maximum absolute atomic E-state index is 5.26. The zero-order chi connectivity index (χ0) is 13.9. The number of aromatic nitrogens is 1. The maximum atomic E-state index is 5.26. The van der Waals surface area contributed by atoms with Gasteiger partial charge < -0.3 is 4.74 Å². The number of rotatable bonds is 5. The van der Waals surface area contributed by atoms with E-state index in [0.717, 1.165) is 23.7 Å². The molecule has 1 aliphatic heterocycles. The number of hydrogen-bond acceptors (Lipinski definition) is 4. The van der Waals surface area contributed by atoms with Crippen molar-refractivity contribution in [2.75, 3.05) is 32.2 Å². The lowest BCUT2D eigenvalue weighted by Gasteiger charge is -2.39. The molecular weight excluding hydrogens is 268 g/mol. The minimum atomic E-state index is 0.867. The summed E-state index contributed by atoms with van der Waals surface area (Å²) in [6.07, 6.45) is 4.09. The molecular formula is C16H20N2OS. The van der Waals surface area contributed by atoms with E-state index < -0.39 is 0 Å². The lowest BCUT2D eigenvalue weighted by atomic mass is 10.0. The SMILES string of the molecule is COc1ccc2c(CN3CC(CSC)C3)ccnc2c1. The van der Waals surface area contributed by atoms with E-state index in [1.807, 2.05) is 30.1 Å². The third kappa shape index (κ3) is 2.76. The van der Waals surface area contributed by atoms with Crippen LogP contribution in [0.25, 0.3) is 10.9 Å². The smallest absolute Gasteiger partial charge is 0.121 e. The minimum Gasteiger partial charge on any atom is -0.497 e. The predicted octanol–water partition coefficient (Wildman–Crippen LogP) is 3.04. The Bertz CT molecular complexity index is 596. The van der Waals surface area contributed by atoms with Crippen molar-refractivity contribution in [2.24, 2.45) is 5.92 Å². The number of pyridine rings is 1. The third-order valence-corrected chi connectivity index (χ3v) is 4.67. The van der Waals surface area contributed by atoms with E-state index in [1.165, 1.54) is 29.8 Å². The van der Waals surface area contributed by atoms with Gasteiger partial charge in [0.05, 0.1) is 12.6 Å². The van der Waals surface area contributed by atoms with Crippen LogP contribution in [0.15, 0.2) is 30.5 Å². The molecule has 1 aromatic heterocycles. The van der Waals surface area contributed by atoms with Gasteiger partial charge in [-0.15, -0.1) is 0 Å². The summed E-state index contributed by atoms with van der Waals surface area (Å²) in [6, 6.07) is 8.28. The van der Waals surface area contributed by atoms with Gasteiger partial charge in [0.2, 0.25) is 0 Å². The van der Waals surface area contributed by atoms with Crippen LogP contribution in [0.3, 0.4) is 0 Å². The van der Waals surface area contributed by atoms with E-state index in [2.05, 4.69) is 28.3 Å². The quantitative estimate of drug-likeness (QED) is 0.844. The van der Waals surface area contributed by atoms with Gasteiger partial charge in [-0.1, -0.05) is 0 Å². The van der Waals surface area contributed by atoms with E-state index in [0.29, 0.717) is 0 Å². The van der Waals surface area contributed by atoms with Gasteiger partial charge in [-0.3, -0.25) is 9.88 Å². The first-order chi connectivity index (χ1) is 9.80. The number of hydrogen-bond donors (Lipinski definition) is 0. The number of likely N-dealkylation sites (tertiary alicyclic amines) is 1. The van der Waals surface area contributed by atoms with Crippen molar-refractivity contribution in [3.63, 3.8) is 0 Å². The molecule has 2 aromatic rings. The summed E-state index contributed by atoms with van der Waals surface area (Å²) in [7, 11) is 1.69. The first-order valence-electron chi connectivity index (χ1n) is 6.93. The van der Waals surface area contributed by atoms with E-state index in [-0.39, 0.29) is 0 Å². The van der Waals surface area contributed by atoms with E-state index in [4.69, 9.17) is 4.74 Å². The average molecular weight is 288 g/mol. The Morgan fingerprint density at radius 3 is 2.95 bits per heavy atom. The number of fused-ring (bicyclic) bond motifs is 1. The molecule has 106 valence electrons. The van der Waals surface area contributed by atoms with E-state index in [1.54, 1.807) is 7.11 Å². The number of benzene rings is 1. The van der Waals surface area contributed by atoms with Crippen molar-refractivity contribution in [2.45, 2.75) is 6.54 Å². The summed E-state index contributed by atoms with van der Waals surface area (Å²) in [6.45, 7) is 3.47. The molecule has 4 heteroatoms. The molecule has 0 atom stereocenters. The van der Waals surface area contributed by atoms with Crippen molar-refractivity contribution in [3.8, 4) is 5.75 Å². The topological polar surface area (TPSA) is 25.4 Å². The number of nitrogens with zero attached hydrogens (tertiary/aromatic N) is 2. The molecule has 0 amide bonds. The van der Waals surface area contributed by atoms with Crippen LogP contribution in [0.4, 0.5) is 0 Å². The molecule has 0 aliphatic carbocycles. The molecule has 0 bridgehead atoms. The van der Waals surface area contributed by atoms with Crippen molar-refractivity contribution in [1.82, 2.24) is 9.88 Å². The highest BCUT2D eigenvalue weighted by atomic mass is 32.2. The van der Waals surface area contributed by atoms with Crippen molar-refractivity contribution < 1.29 is 4.74 Å². The first-order valence-corrected chi connectivity index (χ1v) is 8.32. The summed E-state index contributed by atoms with van der Waals surface area (Å²) >= 11 is 1.95. The summed E-state index contributed by atoms with van der Waals surface area (Å²) in [4.78, 5) is 6.96. The van der Waals surface area contributed by atoms with E-state index in [9.17, 15) is 0 Å². The monoisotopic (exact) mass is 288 g/mol. The van der Waals surface area contributed by atoms with Crippen LogP contribution in [0, 0.1) is 5.92 Å². The Kier molecular flexibility index (Phi) is 4.13. The van der Waals surface area contributed by atoms with Gasteiger partial charge >= 0.3 is 0 Å². The van der Waals surface area contributed by atoms with Gasteiger partial charge in [0.25, 0.3) is 0 Å². The fourth-order valence-electron chi connectivity index (χ4n) is 2.84. The minimum absolute atomic E-state index is 0.867. The van der Waals surface area contributed by atoms with E-state index >= 15 is 0 Å². The Labute approximate surface area is 124 Å². The van der Waals surface area contributed by atoms with Gasteiger partial charge in [0.1, 0.15) is 5.75 Å². The van der Waals surface area contributed by atoms with Crippen molar-refractivity contribution in [3.05, 3.63) is 36.0 Å². The molecule has 1 aromatic carbocycles. The van der Waals surface area contributed by atoms with Crippen LogP contribution < -0.4 is 4.74 Å². The fraction of sp³-hybridized carbons (Fsp3) is 0.438. The molecule has 0 unspecified atom stereocenters. The van der Waals surface area contributed by atoms with Gasteiger partial charge in [0, 0.05) is 37.3 Å². The first kappa shape index (κ1) is 13.7. The molecule has 0 spiro atoms. The Hall–Kier alpha value is -1.26. The highest BCUT2D eigenvalue weighted by Gasteiger charge is 2.26. The molecule has 2 heterocycles. The third-order valence-electron chi connectivity index (χ3n) is 3.87. The molecule has 1 aliphatic rings. The molecule has 1 saturated heterocycles. The zero-order valence-electron chi connectivity index (χ0n) is 12.0. The van der Waals surface area contributed by atoms with Crippen LogP contribution in [-0.2, 0) is 6.54 Å². The molecule has 0 saturated carbocycles. The molecule has 20 heavy (non-hydrogen) atoms. The Balaban J connectivity index is 1.75. The van der Waals surface area contributed by atoms with Crippen LogP contribution in [-0.4, -0.2) is 42.1 Å².